The molecule has 5 heteroatoms. The summed E-state index contributed by atoms with van der Waals surface area (Å²) >= 11 is 0. The van der Waals surface area contributed by atoms with Crippen molar-refractivity contribution in [1.29, 1.82) is 0 Å². The van der Waals surface area contributed by atoms with E-state index >= 15 is 0 Å². The molecule has 2 aromatic carbocycles. The van der Waals surface area contributed by atoms with Crippen molar-refractivity contribution >= 4 is 5.95 Å². The van der Waals surface area contributed by atoms with Crippen LogP contribution in [0.4, 0.5) is 5.95 Å². The normalized spacial score (nSPS) is 17.2. The molecule has 2 saturated heterocycles. The molecular formula is C26H30N4O. The Balaban J connectivity index is 1.18. The van der Waals surface area contributed by atoms with Gasteiger partial charge >= 0.3 is 0 Å². The Morgan fingerprint density at radius 3 is 2.06 bits per heavy atom. The lowest BCUT2D eigenvalue weighted by molar-refractivity contribution is 0.119. The topological polar surface area (TPSA) is 50.3 Å². The highest BCUT2D eigenvalue weighted by atomic mass is 16.5. The molecule has 0 bridgehead atoms. The number of hydrogen-bond acceptors (Lipinski definition) is 5. The van der Waals surface area contributed by atoms with Crippen molar-refractivity contribution in [3.05, 3.63) is 83.2 Å². The van der Waals surface area contributed by atoms with Crippen LogP contribution in [0.3, 0.4) is 0 Å². The molecule has 0 atom stereocenters. The SMILES string of the molecule is Cc1ccc(C(C)(C)c2ccc(OCc3cnc(N4CC5(CNC5)C4)nc3)cc2)cc1. The Morgan fingerprint density at radius 1 is 0.935 bits per heavy atom. The Kier molecular flexibility index (Phi) is 4.94. The zero-order chi connectivity index (χ0) is 21.5. The average molecular weight is 415 g/mol. The third-order valence-electron chi connectivity index (χ3n) is 6.78. The lowest BCUT2D eigenvalue weighted by atomic mass is 9.75. The van der Waals surface area contributed by atoms with Crippen molar-refractivity contribution in [3.63, 3.8) is 0 Å². The van der Waals surface area contributed by atoms with Crippen LogP contribution in [0.5, 0.6) is 5.75 Å². The van der Waals surface area contributed by atoms with E-state index in [1.165, 1.54) is 16.7 Å². The van der Waals surface area contributed by atoms with E-state index in [1.807, 2.05) is 24.5 Å². The van der Waals surface area contributed by atoms with Gasteiger partial charge in [-0.15, -0.1) is 0 Å². The van der Waals surface area contributed by atoms with Gasteiger partial charge in [0.2, 0.25) is 5.95 Å². The summed E-state index contributed by atoms with van der Waals surface area (Å²) in [5.41, 5.74) is 5.26. The van der Waals surface area contributed by atoms with E-state index in [4.69, 9.17) is 4.74 Å². The molecule has 0 unspecified atom stereocenters. The largest absolute Gasteiger partial charge is 0.489 e. The standard InChI is InChI=1S/C26H30N4O/c1-19-4-6-21(7-5-19)25(2,3)22-8-10-23(11-9-22)31-14-20-12-28-24(29-13-20)30-17-26(18-30)15-27-16-26/h4-13,27H,14-18H2,1-3H3. The van der Waals surface area contributed by atoms with Crippen molar-refractivity contribution in [1.82, 2.24) is 15.3 Å². The van der Waals surface area contributed by atoms with Crippen LogP contribution < -0.4 is 15.0 Å². The van der Waals surface area contributed by atoms with Crippen LogP contribution in [0.1, 0.15) is 36.1 Å². The molecule has 2 aliphatic heterocycles. The molecule has 2 fully saturated rings. The Morgan fingerprint density at radius 2 is 1.52 bits per heavy atom. The fourth-order valence-corrected chi connectivity index (χ4v) is 4.46. The highest BCUT2D eigenvalue weighted by molar-refractivity contribution is 5.41. The van der Waals surface area contributed by atoms with Gasteiger partial charge in [-0.05, 0) is 30.2 Å². The van der Waals surface area contributed by atoms with Gasteiger partial charge in [0.05, 0.1) is 0 Å². The molecule has 3 heterocycles. The minimum Gasteiger partial charge on any atom is -0.489 e. The average Bonchev–Trinajstić information content (AvgIpc) is 2.72. The van der Waals surface area contributed by atoms with Crippen molar-refractivity contribution in [3.8, 4) is 5.75 Å². The van der Waals surface area contributed by atoms with E-state index in [9.17, 15) is 0 Å². The van der Waals surface area contributed by atoms with E-state index in [1.54, 1.807) is 0 Å². The van der Waals surface area contributed by atoms with Gasteiger partial charge in [-0.2, -0.15) is 0 Å². The molecule has 0 saturated carbocycles. The van der Waals surface area contributed by atoms with Crippen LogP contribution in [0, 0.1) is 12.3 Å². The van der Waals surface area contributed by atoms with Gasteiger partial charge in [-0.1, -0.05) is 55.8 Å². The van der Waals surface area contributed by atoms with Gasteiger partial charge in [0.15, 0.2) is 0 Å². The summed E-state index contributed by atoms with van der Waals surface area (Å²) in [5.74, 6) is 1.68. The first kappa shape index (κ1) is 20.0. The number of ether oxygens (including phenoxy) is 1. The zero-order valence-electron chi connectivity index (χ0n) is 18.6. The van der Waals surface area contributed by atoms with E-state index in [0.717, 1.165) is 43.4 Å². The number of rotatable bonds is 6. The molecule has 0 aliphatic carbocycles. The summed E-state index contributed by atoms with van der Waals surface area (Å²) in [6.07, 6.45) is 3.75. The maximum absolute atomic E-state index is 5.98. The summed E-state index contributed by atoms with van der Waals surface area (Å²) in [6, 6.07) is 17.2. The molecule has 0 amide bonds. The number of nitrogens with one attached hydrogen (secondary N) is 1. The summed E-state index contributed by atoms with van der Waals surface area (Å²) in [6.45, 7) is 11.5. The Labute approximate surface area is 184 Å². The molecule has 1 N–H and O–H groups in total. The van der Waals surface area contributed by atoms with Crippen LogP contribution in [0.25, 0.3) is 0 Å². The minimum absolute atomic E-state index is 0.0547. The monoisotopic (exact) mass is 414 g/mol. The van der Waals surface area contributed by atoms with Gasteiger partial charge in [-0.25, -0.2) is 9.97 Å². The third-order valence-corrected chi connectivity index (χ3v) is 6.78. The second kappa shape index (κ2) is 7.65. The second-order valence-corrected chi connectivity index (χ2v) is 9.66. The van der Waals surface area contributed by atoms with E-state index in [2.05, 4.69) is 77.4 Å². The number of hydrogen-bond donors (Lipinski definition) is 1. The van der Waals surface area contributed by atoms with Crippen LogP contribution in [-0.4, -0.2) is 36.1 Å². The first-order valence-electron chi connectivity index (χ1n) is 11.0. The van der Waals surface area contributed by atoms with Crippen molar-refractivity contribution in [2.45, 2.75) is 32.8 Å². The molecule has 160 valence electrons. The number of aryl methyl sites for hydroxylation is 1. The maximum atomic E-state index is 5.98. The van der Waals surface area contributed by atoms with Crippen LogP contribution in [-0.2, 0) is 12.0 Å². The van der Waals surface area contributed by atoms with E-state index < -0.39 is 0 Å². The molecule has 3 aromatic rings. The molecule has 1 aromatic heterocycles. The Hall–Kier alpha value is -2.92. The number of anilines is 1. The van der Waals surface area contributed by atoms with Crippen molar-refractivity contribution < 1.29 is 4.74 Å². The van der Waals surface area contributed by atoms with Gasteiger partial charge in [-0.3, -0.25) is 0 Å². The molecular weight excluding hydrogens is 384 g/mol. The fourth-order valence-electron chi connectivity index (χ4n) is 4.46. The first-order valence-corrected chi connectivity index (χ1v) is 11.0. The van der Waals surface area contributed by atoms with Crippen LogP contribution in [0.15, 0.2) is 60.9 Å². The molecule has 5 nitrogen and oxygen atoms in total. The molecule has 31 heavy (non-hydrogen) atoms. The van der Waals surface area contributed by atoms with Crippen LogP contribution in [0.2, 0.25) is 0 Å². The molecule has 1 spiro atoms. The Bertz CT molecular complexity index is 1030. The summed E-state index contributed by atoms with van der Waals surface area (Å²) in [5, 5.41) is 3.36. The first-order chi connectivity index (χ1) is 14.9. The lowest BCUT2D eigenvalue weighted by Crippen LogP contribution is -2.71. The van der Waals surface area contributed by atoms with Gasteiger partial charge in [0, 0.05) is 55.0 Å². The molecule has 2 aliphatic rings. The highest BCUT2D eigenvalue weighted by Gasteiger charge is 2.48. The zero-order valence-corrected chi connectivity index (χ0v) is 18.6. The second-order valence-electron chi connectivity index (χ2n) is 9.66. The summed E-state index contributed by atoms with van der Waals surface area (Å²) < 4.78 is 5.98. The fraction of sp³-hybridized carbons (Fsp3) is 0.385. The summed E-state index contributed by atoms with van der Waals surface area (Å²) in [7, 11) is 0. The van der Waals surface area contributed by atoms with Gasteiger partial charge in [0.1, 0.15) is 12.4 Å². The van der Waals surface area contributed by atoms with E-state index in [-0.39, 0.29) is 5.41 Å². The predicted molar refractivity (Wildman–Crippen MR) is 124 cm³/mol. The minimum atomic E-state index is -0.0547. The predicted octanol–water partition coefficient (Wildman–Crippen LogP) is 4.10. The molecule has 5 rings (SSSR count). The number of benzene rings is 2. The quantitative estimate of drug-likeness (QED) is 0.658. The third kappa shape index (κ3) is 3.90. The van der Waals surface area contributed by atoms with Gasteiger partial charge < -0.3 is 15.0 Å². The lowest BCUT2D eigenvalue weighted by Gasteiger charge is -2.55. The molecule has 0 radical (unpaired) electrons. The van der Waals surface area contributed by atoms with Gasteiger partial charge in [0.25, 0.3) is 0 Å². The van der Waals surface area contributed by atoms with E-state index in [0.29, 0.717) is 12.0 Å². The van der Waals surface area contributed by atoms with Crippen molar-refractivity contribution in [2.75, 3.05) is 31.1 Å². The number of nitrogens with zero attached hydrogens (tertiary/aromatic N) is 3. The smallest absolute Gasteiger partial charge is 0.225 e. The van der Waals surface area contributed by atoms with Crippen molar-refractivity contribution in [2.24, 2.45) is 5.41 Å². The maximum Gasteiger partial charge on any atom is 0.225 e. The summed E-state index contributed by atoms with van der Waals surface area (Å²) in [4.78, 5) is 11.3. The highest BCUT2D eigenvalue weighted by Crippen LogP contribution is 2.36. The number of aromatic nitrogens is 2. The van der Waals surface area contributed by atoms with Crippen LogP contribution >= 0.6 is 0 Å².